The standard InChI is InChI=1S/C60H43B3N2/c61-57-54(58(62)59(63)60-56(57)49-25-10-11-27-51(49)65(60)46-32-29-41(30-33-46)38-15-4-1-5-16-38)45-31-34-52-50(37-45)55-48(44-23-12-21-42(35-44)39-17-6-2-7-18-39)26-14-28-53(55)64(52)47-24-13-22-43(36-47)40-19-8-3-9-20-40/h1-37H,61-63H2. The highest BCUT2D eigenvalue weighted by molar-refractivity contribution is 6.60. The number of fused-ring (bicyclic) bond motifs is 6. The van der Waals surface area contributed by atoms with Crippen LogP contribution in [-0.4, -0.2) is 32.7 Å². The summed E-state index contributed by atoms with van der Waals surface area (Å²) in [7, 11) is 6.97. The maximum atomic E-state index is 2.48. The van der Waals surface area contributed by atoms with Gasteiger partial charge in [0.25, 0.3) is 0 Å². The third-order valence-corrected chi connectivity index (χ3v) is 13.7. The Morgan fingerprint density at radius 2 is 0.800 bits per heavy atom. The van der Waals surface area contributed by atoms with Gasteiger partial charge in [0.15, 0.2) is 0 Å². The maximum absolute atomic E-state index is 2.48. The van der Waals surface area contributed by atoms with Gasteiger partial charge in [-0.25, -0.2) is 0 Å². The molecule has 0 amide bonds. The molecule has 12 aromatic rings. The predicted molar refractivity (Wildman–Crippen MR) is 287 cm³/mol. The SMILES string of the molecule is Bc1c(-c2ccc3c(c2)c2c(-c4cccc(-c5ccccc5)c4)cccc2n3-c2cccc(-c3ccccc3)c2)c(B)c2c3ccccc3n(-c3ccc(-c4ccccc4)cc3)c2c1B. The normalized spacial score (nSPS) is 11.6. The van der Waals surface area contributed by atoms with E-state index in [0.717, 1.165) is 5.69 Å². The molecular formula is C60H43B3N2. The molecule has 0 saturated heterocycles. The van der Waals surface area contributed by atoms with Gasteiger partial charge in [-0.1, -0.05) is 186 Å². The van der Waals surface area contributed by atoms with Gasteiger partial charge in [0.2, 0.25) is 0 Å². The molecule has 0 N–H and O–H groups in total. The third-order valence-electron chi connectivity index (χ3n) is 13.7. The Morgan fingerprint density at radius 3 is 1.51 bits per heavy atom. The van der Waals surface area contributed by atoms with E-state index in [1.807, 2.05) is 0 Å². The molecule has 302 valence electrons. The number of hydrogen-bond acceptors (Lipinski definition) is 0. The minimum absolute atomic E-state index is 1.14. The van der Waals surface area contributed by atoms with Gasteiger partial charge in [0, 0.05) is 38.4 Å². The molecule has 0 saturated carbocycles. The fourth-order valence-corrected chi connectivity index (χ4v) is 10.6. The first kappa shape index (κ1) is 38.7. The number of hydrogen-bond donors (Lipinski definition) is 0. The average Bonchev–Trinajstić information content (AvgIpc) is 3.90. The van der Waals surface area contributed by atoms with Gasteiger partial charge in [-0.15, -0.1) is 0 Å². The highest BCUT2D eigenvalue weighted by atomic mass is 15.0. The average molecular weight is 824 g/mol. The second kappa shape index (κ2) is 15.7. The van der Waals surface area contributed by atoms with Gasteiger partial charge < -0.3 is 9.13 Å². The van der Waals surface area contributed by atoms with Gasteiger partial charge in [0.05, 0.1) is 16.6 Å². The van der Waals surface area contributed by atoms with E-state index in [2.05, 4.69) is 257 Å². The maximum Gasteiger partial charge on any atom is 0.141 e. The van der Waals surface area contributed by atoms with Crippen molar-refractivity contribution >= 4 is 83.5 Å². The van der Waals surface area contributed by atoms with Gasteiger partial charge in [0.1, 0.15) is 23.5 Å². The molecule has 12 rings (SSSR count). The molecule has 0 bridgehead atoms. The molecule has 5 heteroatoms. The van der Waals surface area contributed by atoms with E-state index in [0.29, 0.717) is 0 Å². The molecule has 0 spiro atoms. The van der Waals surface area contributed by atoms with Crippen LogP contribution in [0.4, 0.5) is 0 Å². The van der Waals surface area contributed by atoms with Crippen LogP contribution in [0.3, 0.4) is 0 Å². The van der Waals surface area contributed by atoms with Crippen LogP contribution in [0.2, 0.25) is 0 Å². The molecule has 2 aromatic heterocycles. The Labute approximate surface area is 382 Å². The Hall–Kier alpha value is -8.01. The molecule has 2 heterocycles. The lowest BCUT2D eigenvalue weighted by molar-refractivity contribution is 1.18. The summed E-state index contributed by atoms with van der Waals surface area (Å²) in [4.78, 5) is 0. The van der Waals surface area contributed by atoms with Crippen LogP contribution in [0.5, 0.6) is 0 Å². The highest BCUT2D eigenvalue weighted by Crippen LogP contribution is 2.42. The molecule has 0 radical (unpaired) electrons. The van der Waals surface area contributed by atoms with E-state index in [-0.39, 0.29) is 0 Å². The van der Waals surface area contributed by atoms with Crippen molar-refractivity contribution in [2.75, 3.05) is 0 Å². The minimum Gasteiger partial charge on any atom is -0.310 e. The summed E-state index contributed by atoms with van der Waals surface area (Å²) in [6.07, 6.45) is 0. The zero-order valence-corrected chi connectivity index (χ0v) is 36.8. The lowest BCUT2D eigenvalue weighted by atomic mass is 9.69. The fraction of sp³-hybridized carbons (Fsp3) is 0. The molecular weight excluding hydrogens is 781 g/mol. The molecule has 65 heavy (non-hydrogen) atoms. The van der Waals surface area contributed by atoms with Crippen LogP contribution in [0, 0.1) is 0 Å². The van der Waals surface area contributed by atoms with Gasteiger partial charge in [-0.2, -0.15) is 0 Å². The summed E-state index contributed by atoms with van der Waals surface area (Å²) in [5.74, 6) is 0. The van der Waals surface area contributed by atoms with Crippen LogP contribution in [-0.2, 0) is 0 Å². The van der Waals surface area contributed by atoms with Crippen molar-refractivity contribution in [2.24, 2.45) is 0 Å². The fourth-order valence-electron chi connectivity index (χ4n) is 10.6. The molecule has 0 aliphatic heterocycles. The van der Waals surface area contributed by atoms with Crippen LogP contribution in [0.25, 0.3) is 111 Å². The second-order valence-corrected chi connectivity index (χ2v) is 17.4. The highest BCUT2D eigenvalue weighted by Gasteiger charge is 2.23. The van der Waals surface area contributed by atoms with Crippen LogP contribution < -0.4 is 16.4 Å². The molecule has 0 fully saturated rings. The van der Waals surface area contributed by atoms with Crippen molar-refractivity contribution in [1.82, 2.24) is 9.13 Å². The first-order chi connectivity index (χ1) is 32.0. The van der Waals surface area contributed by atoms with Crippen molar-refractivity contribution in [3.05, 3.63) is 224 Å². The Balaban J connectivity index is 1.09. The summed E-state index contributed by atoms with van der Waals surface area (Å²) >= 11 is 0. The summed E-state index contributed by atoms with van der Waals surface area (Å²) in [5.41, 5.74) is 23.3. The second-order valence-electron chi connectivity index (χ2n) is 17.4. The number of benzene rings is 10. The van der Waals surface area contributed by atoms with Crippen LogP contribution in [0.15, 0.2) is 224 Å². The quantitative estimate of drug-likeness (QED) is 0.142. The number of rotatable bonds is 7. The van der Waals surface area contributed by atoms with Crippen molar-refractivity contribution in [2.45, 2.75) is 0 Å². The van der Waals surface area contributed by atoms with E-state index in [1.165, 1.54) is 121 Å². The van der Waals surface area contributed by atoms with Crippen LogP contribution >= 0.6 is 0 Å². The van der Waals surface area contributed by atoms with E-state index in [9.17, 15) is 0 Å². The summed E-state index contributed by atoms with van der Waals surface area (Å²) in [6, 6.07) is 82.1. The number of nitrogens with zero attached hydrogens (tertiary/aromatic N) is 2. The van der Waals surface area contributed by atoms with Gasteiger partial charge >= 0.3 is 0 Å². The molecule has 0 aliphatic rings. The Kier molecular flexibility index (Phi) is 9.31. The van der Waals surface area contributed by atoms with Crippen molar-refractivity contribution < 1.29 is 0 Å². The van der Waals surface area contributed by atoms with Crippen molar-refractivity contribution in [1.29, 1.82) is 0 Å². The topological polar surface area (TPSA) is 9.86 Å². The lowest BCUT2D eigenvalue weighted by Gasteiger charge is -2.19. The summed E-state index contributed by atoms with van der Waals surface area (Å²) < 4.78 is 4.95. The smallest absolute Gasteiger partial charge is 0.141 e. The Morgan fingerprint density at radius 1 is 0.277 bits per heavy atom. The van der Waals surface area contributed by atoms with E-state index in [1.54, 1.807) is 0 Å². The third kappa shape index (κ3) is 6.38. The summed E-state index contributed by atoms with van der Waals surface area (Å²) in [5, 5.41) is 5.07. The van der Waals surface area contributed by atoms with E-state index < -0.39 is 0 Å². The lowest BCUT2D eigenvalue weighted by Crippen LogP contribution is -2.35. The van der Waals surface area contributed by atoms with Gasteiger partial charge in [-0.3, -0.25) is 0 Å². The molecule has 0 aliphatic carbocycles. The number of para-hydroxylation sites is 1. The van der Waals surface area contributed by atoms with Gasteiger partial charge in [-0.05, 0) is 110 Å². The van der Waals surface area contributed by atoms with Crippen LogP contribution in [0.1, 0.15) is 0 Å². The largest absolute Gasteiger partial charge is 0.310 e. The molecule has 2 nitrogen and oxygen atoms in total. The van der Waals surface area contributed by atoms with Crippen molar-refractivity contribution in [3.8, 4) is 67.0 Å². The van der Waals surface area contributed by atoms with E-state index in [4.69, 9.17) is 0 Å². The molecule has 0 atom stereocenters. The zero-order chi connectivity index (χ0) is 43.6. The predicted octanol–water partition coefficient (Wildman–Crippen LogP) is 11.0. The van der Waals surface area contributed by atoms with Crippen molar-refractivity contribution in [3.63, 3.8) is 0 Å². The molecule has 0 unspecified atom stereocenters. The molecule has 10 aromatic carbocycles. The zero-order valence-electron chi connectivity index (χ0n) is 36.8. The monoisotopic (exact) mass is 824 g/mol. The first-order valence-corrected chi connectivity index (χ1v) is 22.6. The first-order valence-electron chi connectivity index (χ1n) is 22.6. The Bertz CT molecular complexity index is 3780. The minimum atomic E-state index is 1.14. The van der Waals surface area contributed by atoms with E-state index >= 15 is 0 Å². The summed E-state index contributed by atoms with van der Waals surface area (Å²) in [6.45, 7) is 0. The number of aromatic nitrogens is 2.